The van der Waals surface area contributed by atoms with Gasteiger partial charge in [-0.15, -0.1) is 0 Å². The molecule has 1 aliphatic heterocycles. The zero-order valence-electron chi connectivity index (χ0n) is 10.2. The predicted octanol–water partition coefficient (Wildman–Crippen LogP) is 1.62. The molecule has 3 heteroatoms. The van der Waals surface area contributed by atoms with E-state index < -0.39 is 0 Å². The average molecular weight is 199 g/mol. The number of nitrogens with zero attached hydrogens (tertiary/aromatic N) is 3. The Morgan fingerprint density at radius 2 is 1.79 bits per heavy atom. The topological polar surface area (TPSA) is 9.72 Å². The van der Waals surface area contributed by atoms with Crippen molar-refractivity contribution in [3.63, 3.8) is 0 Å². The SMILES string of the molecule is CCN(CC)N1CCCCC1N(C)C. The van der Waals surface area contributed by atoms with Crippen LogP contribution in [-0.4, -0.2) is 54.8 Å². The quantitative estimate of drug-likeness (QED) is 0.681. The van der Waals surface area contributed by atoms with E-state index in [0.29, 0.717) is 6.17 Å². The summed E-state index contributed by atoms with van der Waals surface area (Å²) in [5.74, 6) is 0. The third-order valence-corrected chi connectivity index (χ3v) is 3.13. The summed E-state index contributed by atoms with van der Waals surface area (Å²) in [7, 11) is 4.37. The molecule has 0 radical (unpaired) electrons. The second kappa shape index (κ2) is 5.69. The van der Waals surface area contributed by atoms with Gasteiger partial charge in [0.05, 0.1) is 6.17 Å². The molecule has 0 saturated carbocycles. The zero-order valence-corrected chi connectivity index (χ0v) is 10.2. The Morgan fingerprint density at radius 3 is 2.29 bits per heavy atom. The van der Waals surface area contributed by atoms with E-state index in [9.17, 15) is 0 Å². The summed E-state index contributed by atoms with van der Waals surface area (Å²) in [6.45, 7) is 7.96. The molecule has 1 fully saturated rings. The summed E-state index contributed by atoms with van der Waals surface area (Å²) in [5, 5.41) is 5.01. The standard InChI is InChI=1S/C11H25N3/c1-5-13(6-2)14-10-8-7-9-11(14)12(3)4/h11H,5-10H2,1-4H3. The summed E-state index contributed by atoms with van der Waals surface area (Å²) >= 11 is 0. The summed E-state index contributed by atoms with van der Waals surface area (Å²) in [5.41, 5.74) is 0. The van der Waals surface area contributed by atoms with E-state index in [0.717, 1.165) is 13.1 Å². The molecule has 0 N–H and O–H groups in total. The number of rotatable bonds is 4. The lowest BCUT2D eigenvalue weighted by Crippen LogP contribution is -2.56. The van der Waals surface area contributed by atoms with Crippen LogP contribution >= 0.6 is 0 Å². The summed E-state index contributed by atoms with van der Waals surface area (Å²) < 4.78 is 0. The van der Waals surface area contributed by atoms with Gasteiger partial charge < -0.3 is 0 Å². The highest BCUT2D eigenvalue weighted by Gasteiger charge is 2.26. The monoisotopic (exact) mass is 199 g/mol. The van der Waals surface area contributed by atoms with Crippen molar-refractivity contribution in [1.29, 1.82) is 0 Å². The first-order valence-corrected chi connectivity index (χ1v) is 5.88. The zero-order chi connectivity index (χ0) is 10.6. The molecule has 14 heavy (non-hydrogen) atoms. The van der Waals surface area contributed by atoms with Crippen molar-refractivity contribution >= 4 is 0 Å². The van der Waals surface area contributed by atoms with Crippen molar-refractivity contribution in [2.45, 2.75) is 39.3 Å². The Balaban J connectivity index is 2.61. The molecular formula is C11H25N3. The van der Waals surface area contributed by atoms with Gasteiger partial charge in [0, 0.05) is 19.6 Å². The molecule has 1 unspecified atom stereocenters. The summed E-state index contributed by atoms with van der Waals surface area (Å²) in [6, 6.07) is 0. The highest BCUT2D eigenvalue weighted by molar-refractivity contribution is 4.73. The first-order valence-electron chi connectivity index (χ1n) is 5.88. The largest absolute Gasteiger partial charge is 0.293 e. The molecule has 84 valence electrons. The first kappa shape index (κ1) is 12.0. The third-order valence-electron chi connectivity index (χ3n) is 3.13. The molecule has 1 aliphatic rings. The van der Waals surface area contributed by atoms with Crippen molar-refractivity contribution < 1.29 is 0 Å². The summed E-state index contributed by atoms with van der Waals surface area (Å²) in [6.07, 6.45) is 4.65. The van der Waals surface area contributed by atoms with Gasteiger partial charge in [-0.1, -0.05) is 13.8 Å². The molecule has 0 aromatic rings. The highest BCUT2D eigenvalue weighted by atomic mass is 15.7. The van der Waals surface area contributed by atoms with E-state index in [1.54, 1.807) is 0 Å². The fourth-order valence-electron chi connectivity index (χ4n) is 2.34. The van der Waals surface area contributed by atoms with Crippen molar-refractivity contribution in [2.75, 3.05) is 33.7 Å². The minimum Gasteiger partial charge on any atom is -0.293 e. The number of hydrazine groups is 1. The second-order valence-electron chi connectivity index (χ2n) is 4.24. The summed E-state index contributed by atoms with van der Waals surface area (Å²) in [4.78, 5) is 2.34. The molecule has 1 atom stereocenters. The average Bonchev–Trinajstić information content (AvgIpc) is 2.20. The Labute approximate surface area is 88.6 Å². The van der Waals surface area contributed by atoms with Gasteiger partial charge in [-0.25, -0.2) is 10.0 Å². The normalized spacial score (nSPS) is 24.9. The molecule has 0 aromatic carbocycles. The smallest absolute Gasteiger partial charge is 0.0755 e. The lowest BCUT2D eigenvalue weighted by molar-refractivity contribution is -0.115. The molecule has 1 heterocycles. The van der Waals surface area contributed by atoms with Crippen LogP contribution in [0.25, 0.3) is 0 Å². The van der Waals surface area contributed by atoms with E-state index in [4.69, 9.17) is 0 Å². The lowest BCUT2D eigenvalue weighted by atomic mass is 10.1. The van der Waals surface area contributed by atoms with Crippen molar-refractivity contribution in [3.05, 3.63) is 0 Å². The van der Waals surface area contributed by atoms with Crippen LogP contribution < -0.4 is 0 Å². The van der Waals surface area contributed by atoms with Gasteiger partial charge >= 0.3 is 0 Å². The van der Waals surface area contributed by atoms with E-state index >= 15 is 0 Å². The van der Waals surface area contributed by atoms with Gasteiger partial charge in [0.15, 0.2) is 0 Å². The molecule has 0 spiro atoms. The van der Waals surface area contributed by atoms with Crippen LogP contribution in [0.4, 0.5) is 0 Å². The molecule has 1 rings (SSSR count). The highest BCUT2D eigenvalue weighted by Crippen LogP contribution is 2.20. The maximum absolute atomic E-state index is 2.55. The molecular weight excluding hydrogens is 174 g/mol. The van der Waals surface area contributed by atoms with Crippen LogP contribution in [0.1, 0.15) is 33.1 Å². The van der Waals surface area contributed by atoms with E-state index in [1.165, 1.54) is 25.8 Å². The fourth-order valence-corrected chi connectivity index (χ4v) is 2.34. The van der Waals surface area contributed by atoms with Gasteiger partial charge in [0.25, 0.3) is 0 Å². The third kappa shape index (κ3) is 2.69. The van der Waals surface area contributed by atoms with Gasteiger partial charge in [0.1, 0.15) is 0 Å². The lowest BCUT2D eigenvalue weighted by Gasteiger charge is -2.45. The van der Waals surface area contributed by atoms with E-state index in [-0.39, 0.29) is 0 Å². The Bertz CT molecular complexity index is 155. The fraction of sp³-hybridized carbons (Fsp3) is 1.00. The molecule has 1 saturated heterocycles. The minimum atomic E-state index is 0.614. The van der Waals surface area contributed by atoms with E-state index in [2.05, 4.69) is 42.9 Å². The van der Waals surface area contributed by atoms with Crippen LogP contribution in [0.5, 0.6) is 0 Å². The Kier molecular flexibility index (Phi) is 4.85. The minimum absolute atomic E-state index is 0.614. The van der Waals surface area contributed by atoms with Crippen LogP contribution in [0.15, 0.2) is 0 Å². The van der Waals surface area contributed by atoms with Crippen LogP contribution in [0.3, 0.4) is 0 Å². The van der Waals surface area contributed by atoms with Crippen molar-refractivity contribution in [3.8, 4) is 0 Å². The van der Waals surface area contributed by atoms with Crippen molar-refractivity contribution in [2.24, 2.45) is 0 Å². The molecule has 0 aromatic heterocycles. The number of piperidine rings is 1. The maximum Gasteiger partial charge on any atom is 0.0755 e. The Morgan fingerprint density at radius 1 is 1.14 bits per heavy atom. The van der Waals surface area contributed by atoms with Crippen LogP contribution in [0.2, 0.25) is 0 Å². The molecule has 0 bridgehead atoms. The van der Waals surface area contributed by atoms with Crippen LogP contribution in [-0.2, 0) is 0 Å². The number of hydrogen-bond acceptors (Lipinski definition) is 3. The number of hydrogen-bond donors (Lipinski definition) is 0. The van der Waals surface area contributed by atoms with Gasteiger partial charge in [-0.3, -0.25) is 4.90 Å². The predicted molar refractivity (Wildman–Crippen MR) is 61.0 cm³/mol. The van der Waals surface area contributed by atoms with Crippen LogP contribution in [0, 0.1) is 0 Å². The van der Waals surface area contributed by atoms with Gasteiger partial charge in [-0.2, -0.15) is 0 Å². The van der Waals surface area contributed by atoms with E-state index in [1.807, 2.05) is 0 Å². The van der Waals surface area contributed by atoms with Crippen molar-refractivity contribution in [1.82, 2.24) is 14.9 Å². The Hall–Kier alpha value is -0.120. The molecule has 0 amide bonds. The maximum atomic E-state index is 2.55. The van der Waals surface area contributed by atoms with Gasteiger partial charge in [0.2, 0.25) is 0 Å². The molecule has 3 nitrogen and oxygen atoms in total. The molecule has 0 aliphatic carbocycles. The van der Waals surface area contributed by atoms with Gasteiger partial charge in [-0.05, 0) is 33.4 Å². The first-order chi connectivity index (χ1) is 6.70. The second-order valence-corrected chi connectivity index (χ2v) is 4.24.